The van der Waals surface area contributed by atoms with Gasteiger partial charge in [0.2, 0.25) is 0 Å². The number of hydrogen-bond donors (Lipinski definition) is 1. The molecular formula is C24H20N4O2S2. The van der Waals surface area contributed by atoms with Gasteiger partial charge in [-0.05, 0) is 50.2 Å². The smallest absolute Gasteiger partial charge is 0.269 e. The Hall–Kier alpha value is -3.49. The van der Waals surface area contributed by atoms with Crippen LogP contribution in [0.25, 0.3) is 32.7 Å². The van der Waals surface area contributed by atoms with Crippen LogP contribution in [0.15, 0.2) is 78.0 Å². The maximum atomic E-state index is 13.3. The molecule has 0 aliphatic rings. The minimum atomic E-state index is -3.77. The molecule has 0 amide bonds. The number of thiazole rings is 1. The van der Waals surface area contributed by atoms with Gasteiger partial charge >= 0.3 is 0 Å². The van der Waals surface area contributed by atoms with Crippen molar-refractivity contribution in [1.82, 2.24) is 13.9 Å². The Morgan fingerprint density at radius 2 is 1.66 bits per heavy atom. The fraction of sp³-hybridized carbons (Fsp3) is 0.0833. The summed E-state index contributed by atoms with van der Waals surface area (Å²) in [6.45, 7) is 3.88. The number of pyridine rings is 1. The first-order valence-corrected chi connectivity index (χ1v) is 12.2. The van der Waals surface area contributed by atoms with Crippen LogP contribution in [-0.2, 0) is 10.0 Å². The molecule has 0 saturated carbocycles. The van der Waals surface area contributed by atoms with E-state index in [1.165, 1.54) is 3.97 Å². The van der Waals surface area contributed by atoms with Gasteiger partial charge in [0.1, 0.15) is 0 Å². The number of aromatic nitrogens is 3. The summed E-state index contributed by atoms with van der Waals surface area (Å²) in [5, 5.41) is 1.67. The molecule has 0 atom stereocenters. The topological polar surface area (TPSA) is 90.9 Å². The van der Waals surface area contributed by atoms with Crippen molar-refractivity contribution in [3.05, 3.63) is 83.6 Å². The van der Waals surface area contributed by atoms with Crippen LogP contribution in [0.1, 0.15) is 10.6 Å². The third-order valence-corrected chi connectivity index (χ3v) is 7.98. The van der Waals surface area contributed by atoms with Gasteiger partial charge in [-0.2, -0.15) is 0 Å². The van der Waals surface area contributed by atoms with E-state index in [9.17, 15) is 8.42 Å². The molecule has 3 heterocycles. The number of rotatable bonds is 4. The minimum Gasteiger partial charge on any atom is -0.399 e. The Morgan fingerprint density at radius 1 is 0.938 bits per heavy atom. The van der Waals surface area contributed by atoms with Gasteiger partial charge in [0, 0.05) is 34.6 Å². The number of nitrogens with two attached hydrogens (primary N) is 1. The third-order valence-electron chi connectivity index (χ3n) is 5.30. The number of nitrogen functional groups attached to an aromatic ring is 1. The van der Waals surface area contributed by atoms with Crippen LogP contribution in [0.5, 0.6) is 0 Å². The molecule has 0 aliphatic carbocycles. The van der Waals surface area contributed by atoms with E-state index in [0.717, 1.165) is 37.7 Å². The van der Waals surface area contributed by atoms with Crippen LogP contribution in [0.4, 0.5) is 5.69 Å². The van der Waals surface area contributed by atoms with E-state index >= 15 is 0 Å². The zero-order chi connectivity index (χ0) is 22.5. The fourth-order valence-electron chi connectivity index (χ4n) is 3.68. The Bertz CT molecular complexity index is 1550. The maximum absolute atomic E-state index is 13.3. The van der Waals surface area contributed by atoms with Gasteiger partial charge in [-0.3, -0.25) is 0 Å². The third kappa shape index (κ3) is 3.37. The standard InChI is InChI=1S/C24H20N4O2S2/c1-15-3-9-19(10-4-15)32(29,30)28-14-12-21-20(11-13-26-24(21)28)23-22(27-16(2)31-23)17-5-7-18(25)8-6-17/h3-14H,25H2,1-2H3. The molecule has 5 aromatic rings. The number of fused-ring (bicyclic) bond motifs is 1. The van der Waals surface area contributed by atoms with Gasteiger partial charge < -0.3 is 5.73 Å². The molecule has 0 saturated heterocycles. The first kappa shape index (κ1) is 20.4. The highest BCUT2D eigenvalue weighted by Crippen LogP contribution is 2.40. The summed E-state index contributed by atoms with van der Waals surface area (Å²) >= 11 is 1.57. The van der Waals surface area contributed by atoms with Crippen molar-refractivity contribution in [2.75, 3.05) is 5.73 Å². The van der Waals surface area contributed by atoms with Crippen LogP contribution < -0.4 is 5.73 Å². The molecule has 2 N–H and O–H groups in total. The molecular weight excluding hydrogens is 440 g/mol. The van der Waals surface area contributed by atoms with Gasteiger partial charge in [-0.15, -0.1) is 11.3 Å². The molecule has 0 spiro atoms. The maximum Gasteiger partial charge on any atom is 0.269 e. The second-order valence-corrected chi connectivity index (χ2v) is 10.6. The predicted molar refractivity (Wildman–Crippen MR) is 129 cm³/mol. The quantitative estimate of drug-likeness (QED) is 0.369. The molecule has 0 fully saturated rings. The monoisotopic (exact) mass is 460 g/mol. The van der Waals surface area contributed by atoms with E-state index in [2.05, 4.69) is 4.98 Å². The molecule has 0 aliphatic heterocycles. The second kappa shape index (κ2) is 7.58. The average Bonchev–Trinajstić information content (AvgIpc) is 3.38. The van der Waals surface area contributed by atoms with Gasteiger partial charge in [0.05, 0.1) is 20.5 Å². The SMILES string of the molecule is Cc1ccc(S(=O)(=O)n2ccc3c(-c4sc(C)nc4-c4ccc(N)cc4)ccnc32)cc1. The molecule has 8 heteroatoms. The van der Waals surface area contributed by atoms with E-state index in [1.807, 2.05) is 44.2 Å². The lowest BCUT2D eigenvalue weighted by atomic mass is 10.1. The average molecular weight is 461 g/mol. The van der Waals surface area contributed by atoms with Crippen molar-refractivity contribution in [2.45, 2.75) is 18.7 Å². The van der Waals surface area contributed by atoms with Crippen molar-refractivity contribution < 1.29 is 8.42 Å². The lowest BCUT2D eigenvalue weighted by Gasteiger charge is -2.09. The summed E-state index contributed by atoms with van der Waals surface area (Å²) in [5.74, 6) is 0. The first-order chi connectivity index (χ1) is 15.3. The number of hydrogen-bond acceptors (Lipinski definition) is 6. The summed E-state index contributed by atoms with van der Waals surface area (Å²) in [6.07, 6.45) is 3.20. The number of anilines is 1. The van der Waals surface area contributed by atoms with Crippen molar-refractivity contribution in [2.24, 2.45) is 0 Å². The molecule has 5 rings (SSSR count). The highest BCUT2D eigenvalue weighted by molar-refractivity contribution is 7.90. The summed E-state index contributed by atoms with van der Waals surface area (Å²) in [4.78, 5) is 10.3. The van der Waals surface area contributed by atoms with E-state index in [1.54, 1.807) is 54.1 Å². The molecule has 160 valence electrons. The fourth-order valence-corrected chi connectivity index (χ4v) is 5.96. The Morgan fingerprint density at radius 3 is 2.38 bits per heavy atom. The predicted octanol–water partition coefficient (Wildman–Crippen LogP) is 5.26. The van der Waals surface area contributed by atoms with Crippen LogP contribution in [0.2, 0.25) is 0 Å². The van der Waals surface area contributed by atoms with Crippen molar-refractivity contribution >= 4 is 38.1 Å². The highest BCUT2D eigenvalue weighted by atomic mass is 32.2. The summed E-state index contributed by atoms with van der Waals surface area (Å²) in [6, 6.07) is 18.1. The van der Waals surface area contributed by atoms with Crippen LogP contribution in [0, 0.1) is 13.8 Å². The Kier molecular flexibility index (Phi) is 4.83. The molecule has 6 nitrogen and oxygen atoms in total. The highest BCUT2D eigenvalue weighted by Gasteiger charge is 2.22. The van der Waals surface area contributed by atoms with E-state index in [-0.39, 0.29) is 4.90 Å². The minimum absolute atomic E-state index is 0.226. The summed E-state index contributed by atoms with van der Waals surface area (Å²) in [5.41, 5.74) is 10.6. The summed E-state index contributed by atoms with van der Waals surface area (Å²) in [7, 11) is -3.77. The normalized spacial score (nSPS) is 11.8. The molecule has 2 aromatic carbocycles. The van der Waals surface area contributed by atoms with Crippen molar-refractivity contribution in [3.63, 3.8) is 0 Å². The lowest BCUT2D eigenvalue weighted by Crippen LogP contribution is -2.12. The van der Waals surface area contributed by atoms with E-state index in [4.69, 9.17) is 10.7 Å². The molecule has 32 heavy (non-hydrogen) atoms. The van der Waals surface area contributed by atoms with Gasteiger partial charge in [-0.1, -0.05) is 29.8 Å². The zero-order valence-corrected chi connectivity index (χ0v) is 19.1. The molecule has 0 radical (unpaired) electrons. The van der Waals surface area contributed by atoms with Crippen LogP contribution in [-0.4, -0.2) is 22.4 Å². The molecule has 0 bridgehead atoms. The van der Waals surface area contributed by atoms with Crippen LogP contribution in [0.3, 0.4) is 0 Å². The Balaban J connectivity index is 1.69. The molecule has 0 unspecified atom stereocenters. The Labute approximate surface area is 190 Å². The van der Waals surface area contributed by atoms with Gasteiger partial charge in [-0.25, -0.2) is 22.4 Å². The summed E-state index contributed by atoms with van der Waals surface area (Å²) < 4.78 is 27.8. The zero-order valence-electron chi connectivity index (χ0n) is 17.5. The van der Waals surface area contributed by atoms with Crippen molar-refractivity contribution in [3.8, 4) is 21.7 Å². The number of aryl methyl sites for hydroxylation is 2. The first-order valence-electron chi connectivity index (χ1n) is 9.96. The van der Waals surface area contributed by atoms with Gasteiger partial charge in [0.25, 0.3) is 10.0 Å². The second-order valence-electron chi connectivity index (χ2n) is 7.56. The number of nitrogens with zero attached hydrogens (tertiary/aromatic N) is 3. The molecule has 3 aromatic heterocycles. The largest absolute Gasteiger partial charge is 0.399 e. The van der Waals surface area contributed by atoms with E-state index in [0.29, 0.717) is 11.3 Å². The lowest BCUT2D eigenvalue weighted by molar-refractivity contribution is 0.588. The van der Waals surface area contributed by atoms with Crippen LogP contribution >= 0.6 is 11.3 Å². The van der Waals surface area contributed by atoms with E-state index < -0.39 is 10.0 Å². The van der Waals surface area contributed by atoms with Crippen molar-refractivity contribution in [1.29, 1.82) is 0 Å². The number of benzene rings is 2. The van der Waals surface area contributed by atoms with Gasteiger partial charge in [0.15, 0.2) is 5.65 Å².